The zero-order chi connectivity index (χ0) is 17.5. The third kappa shape index (κ3) is 4.57. The van der Waals surface area contributed by atoms with Gasteiger partial charge in [0, 0.05) is 31.0 Å². The Morgan fingerprint density at radius 1 is 1.04 bits per heavy atom. The lowest BCUT2D eigenvalue weighted by Gasteiger charge is -2.28. The van der Waals surface area contributed by atoms with Gasteiger partial charge in [-0.3, -0.25) is 0 Å². The smallest absolute Gasteiger partial charge is 0.161 e. The summed E-state index contributed by atoms with van der Waals surface area (Å²) in [5, 5.41) is 3.46. The van der Waals surface area contributed by atoms with Crippen LogP contribution in [0.4, 0.5) is 11.4 Å². The van der Waals surface area contributed by atoms with Crippen LogP contribution >= 0.6 is 0 Å². The Kier molecular flexibility index (Phi) is 6.01. The molecule has 134 valence electrons. The minimum absolute atomic E-state index is 0.621. The lowest BCUT2D eigenvalue weighted by atomic mass is 10.2. The van der Waals surface area contributed by atoms with Crippen molar-refractivity contribution in [3.8, 4) is 11.5 Å². The fraction of sp³-hybridized carbons (Fsp3) is 0.400. The standard InChI is InChI=1S/C20H26N2O3/c1-3-25-20-14-16(4-9-19(20)23-2)15-21-17-5-7-18(8-6-17)22-10-12-24-13-11-22/h4-9,14,21H,3,10-13,15H2,1-2H3. The topological polar surface area (TPSA) is 43.0 Å². The molecule has 0 aromatic heterocycles. The largest absolute Gasteiger partial charge is 0.493 e. The number of anilines is 2. The molecule has 5 heteroatoms. The second kappa shape index (κ2) is 8.62. The van der Waals surface area contributed by atoms with Crippen LogP contribution in [0, 0.1) is 0 Å². The molecule has 1 heterocycles. The van der Waals surface area contributed by atoms with E-state index in [1.165, 1.54) is 5.69 Å². The number of hydrogen-bond donors (Lipinski definition) is 1. The highest BCUT2D eigenvalue weighted by Gasteiger charge is 2.10. The van der Waals surface area contributed by atoms with Crippen LogP contribution in [0.3, 0.4) is 0 Å². The van der Waals surface area contributed by atoms with E-state index in [0.29, 0.717) is 6.61 Å². The Morgan fingerprint density at radius 3 is 2.48 bits per heavy atom. The van der Waals surface area contributed by atoms with Crippen LogP contribution in [0.15, 0.2) is 42.5 Å². The minimum Gasteiger partial charge on any atom is -0.493 e. The van der Waals surface area contributed by atoms with Gasteiger partial charge in [0.15, 0.2) is 11.5 Å². The second-order valence-corrected chi connectivity index (χ2v) is 5.92. The molecule has 25 heavy (non-hydrogen) atoms. The molecule has 1 saturated heterocycles. The molecule has 0 atom stereocenters. The number of benzene rings is 2. The lowest BCUT2D eigenvalue weighted by molar-refractivity contribution is 0.122. The first kappa shape index (κ1) is 17.4. The van der Waals surface area contributed by atoms with Gasteiger partial charge < -0.3 is 24.4 Å². The van der Waals surface area contributed by atoms with Crippen LogP contribution in [-0.4, -0.2) is 40.0 Å². The molecule has 0 saturated carbocycles. The highest BCUT2D eigenvalue weighted by atomic mass is 16.5. The quantitative estimate of drug-likeness (QED) is 0.834. The normalized spacial score (nSPS) is 14.2. The fourth-order valence-corrected chi connectivity index (χ4v) is 2.92. The number of nitrogens with zero attached hydrogens (tertiary/aromatic N) is 1. The predicted molar refractivity (Wildman–Crippen MR) is 101 cm³/mol. The summed E-state index contributed by atoms with van der Waals surface area (Å²) in [6, 6.07) is 14.6. The predicted octanol–water partition coefficient (Wildman–Crippen LogP) is 3.54. The zero-order valence-corrected chi connectivity index (χ0v) is 15.0. The van der Waals surface area contributed by atoms with Crippen molar-refractivity contribution in [2.24, 2.45) is 0 Å². The number of methoxy groups -OCH3 is 1. The molecule has 3 rings (SSSR count). The SMILES string of the molecule is CCOc1cc(CNc2ccc(N3CCOCC3)cc2)ccc1OC. The lowest BCUT2D eigenvalue weighted by Crippen LogP contribution is -2.36. The van der Waals surface area contributed by atoms with Gasteiger partial charge in [0.25, 0.3) is 0 Å². The molecular weight excluding hydrogens is 316 g/mol. The first-order valence-corrected chi connectivity index (χ1v) is 8.76. The molecule has 1 N–H and O–H groups in total. The Balaban J connectivity index is 1.60. The van der Waals surface area contributed by atoms with E-state index in [9.17, 15) is 0 Å². The summed E-state index contributed by atoms with van der Waals surface area (Å²) in [7, 11) is 1.66. The van der Waals surface area contributed by atoms with Crippen molar-refractivity contribution < 1.29 is 14.2 Å². The molecule has 0 unspecified atom stereocenters. The number of morpholine rings is 1. The fourth-order valence-electron chi connectivity index (χ4n) is 2.92. The van der Waals surface area contributed by atoms with E-state index < -0.39 is 0 Å². The maximum atomic E-state index is 5.63. The molecule has 0 bridgehead atoms. The Morgan fingerprint density at radius 2 is 1.80 bits per heavy atom. The first-order chi connectivity index (χ1) is 12.3. The van der Waals surface area contributed by atoms with Gasteiger partial charge in [0.2, 0.25) is 0 Å². The van der Waals surface area contributed by atoms with Crippen LogP contribution < -0.4 is 19.7 Å². The Bertz CT molecular complexity index is 667. The molecule has 5 nitrogen and oxygen atoms in total. The van der Waals surface area contributed by atoms with Gasteiger partial charge in [0.05, 0.1) is 26.9 Å². The number of ether oxygens (including phenoxy) is 3. The van der Waals surface area contributed by atoms with E-state index >= 15 is 0 Å². The summed E-state index contributed by atoms with van der Waals surface area (Å²) in [6.45, 7) is 6.86. The molecule has 0 spiro atoms. The summed E-state index contributed by atoms with van der Waals surface area (Å²) in [6.07, 6.45) is 0. The van der Waals surface area contributed by atoms with Crippen LogP contribution in [0.5, 0.6) is 11.5 Å². The summed E-state index contributed by atoms with van der Waals surface area (Å²) in [4.78, 5) is 2.35. The van der Waals surface area contributed by atoms with Crippen molar-refractivity contribution >= 4 is 11.4 Å². The van der Waals surface area contributed by atoms with Crippen LogP contribution in [0.2, 0.25) is 0 Å². The van der Waals surface area contributed by atoms with Crippen molar-refractivity contribution in [1.29, 1.82) is 0 Å². The van der Waals surface area contributed by atoms with Gasteiger partial charge >= 0.3 is 0 Å². The van der Waals surface area contributed by atoms with Gasteiger partial charge in [-0.25, -0.2) is 0 Å². The van der Waals surface area contributed by atoms with Crippen molar-refractivity contribution in [3.63, 3.8) is 0 Å². The zero-order valence-electron chi connectivity index (χ0n) is 15.0. The van der Waals surface area contributed by atoms with E-state index in [1.54, 1.807) is 7.11 Å². The van der Waals surface area contributed by atoms with Gasteiger partial charge in [-0.1, -0.05) is 6.07 Å². The minimum atomic E-state index is 0.621. The van der Waals surface area contributed by atoms with Gasteiger partial charge in [0.1, 0.15) is 0 Å². The van der Waals surface area contributed by atoms with E-state index in [-0.39, 0.29) is 0 Å². The third-order valence-corrected chi connectivity index (χ3v) is 4.27. The molecule has 0 amide bonds. The summed E-state index contributed by atoms with van der Waals surface area (Å²) >= 11 is 0. The molecular formula is C20H26N2O3. The van der Waals surface area contributed by atoms with Gasteiger partial charge in [-0.05, 0) is 48.9 Å². The maximum absolute atomic E-state index is 5.63. The van der Waals surface area contributed by atoms with Crippen molar-refractivity contribution in [3.05, 3.63) is 48.0 Å². The molecule has 1 fully saturated rings. The summed E-state index contributed by atoms with van der Waals surface area (Å²) in [5.41, 5.74) is 3.50. The molecule has 2 aromatic carbocycles. The number of hydrogen-bond acceptors (Lipinski definition) is 5. The first-order valence-electron chi connectivity index (χ1n) is 8.76. The number of rotatable bonds is 7. The van der Waals surface area contributed by atoms with Crippen molar-refractivity contribution in [1.82, 2.24) is 0 Å². The Labute approximate surface area is 149 Å². The van der Waals surface area contributed by atoms with Gasteiger partial charge in [-0.2, -0.15) is 0 Å². The van der Waals surface area contributed by atoms with Gasteiger partial charge in [-0.15, -0.1) is 0 Å². The van der Waals surface area contributed by atoms with Crippen LogP contribution in [0.25, 0.3) is 0 Å². The van der Waals surface area contributed by atoms with E-state index in [2.05, 4.69) is 40.5 Å². The van der Waals surface area contributed by atoms with E-state index in [4.69, 9.17) is 14.2 Å². The third-order valence-electron chi connectivity index (χ3n) is 4.27. The van der Waals surface area contributed by atoms with Crippen molar-refractivity contribution in [2.45, 2.75) is 13.5 Å². The molecule has 2 aromatic rings. The molecule has 1 aliphatic rings. The highest BCUT2D eigenvalue weighted by molar-refractivity contribution is 5.55. The molecule has 0 radical (unpaired) electrons. The van der Waals surface area contributed by atoms with E-state index in [0.717, 1.165) is 55.6 Å². The Hall–Kier alpha value is -2.40. The average molecular weight is 342 g/mol. The molecule has 0 aliphatic carbocycles. The van der Waals surface area contributed by atoms with E-state index in [1.807, 2.05) is 19.1 Å². The molecule has 1 aliphatic heterocycles. The summed E-state index contributed by atoms with van der Waals surface area (Å²) in [5.74, 6) is 1.55. The summed E-state index contributed by atoms with van der Waals surface area (Å²) < 4.78 is 16.4. The second-order valence-electron chi connectivity index (χ2n) is 5.92. The van der Waals surface area contributed by atoms with Crippen LogP contribution in [-0.2, 0) is 11.3 Å². The van der Waals surface area contributed by atoms with Crippen molar-refractivity contribution in [2.75, 3.05) is 50.2 Å². The number of nitrogens with one attached hydrogen (secondary N) is 1. The highest BCUT2D eigenvalue weighted by Crippen LogP contribution is 2.28. The monoisotopic (exact) mass is 342 g/mol. The maximum Gasteiger partial charge on any atom is 0.161 e. The van der Waals surface area contributed by atoms with Crippen LogP contribution in [0.1, 0.15) is 12.5 Å². The average Bonchev–Trinajstić information content (AvgIpc) is 2.68.